The average molecular weight is 315 g/mol. The molecular weight excluding hydrogens is 294 g/mol. The van der Waals surface area contributed by atoms with Crippen LogP contribution in [0.1, 0.15) is 6.92 Å². The minimum atomic E-state index is -3.57. The molecule has 1 aliphatic rings. The lowest BCUT2D eigenvalue weighted by Crippen LogP contribution is -2.30. The van der Waals surface area contributed by atoms with Gasteiger partial charge in [-0.1, -0.05) is 0 Å². The summed E-state index contributed by atoms with van der Waals surface area (Å²) in [4.78, 5) is 4.28. The lowest BCUT2D eigenvalue weighted by atomic mass is 10.3. The van der Waals surface area contributed by atoms with E-state index in [0.29, 0.717) is 5.82 Å². The zero-order valence-electron chi connectivity index (χ0n) is 12.4. The summed E-state index contributed by atoms with van der Waals surface area (Å²) in [5, 5.41) is 3.03. The first-order valence-electron chi connectivity index (χ1n) is 6.78. The topological polar surface area (TPSA) is 80.8 Å². The van der Waals surface area contributed by atoms with Crippen molar-refractivity contribution in [1.29, 1.82) is 0 Å². The molecule has 2 heterocycles. The van der Waals surface area contributed by atoms with E-state index >= 15 is 0 Å². The van der Waals surface area contributed by atoms with E-state index in [-0.39, 0.29) is 30.2 Å². The molecule has 1 aliphatic heterocycles. The first kappa shape index (κ1) is 16.2. The first-order valence-corrected chi connectivity index (χ1v) is 8.22. The molecular formula is C13H21N3O4S. The summed E-state index contributed by atoms with van der Waals surface area (Å²) in [5.41, 5.74) is 0. The van der Waals surface area contributed by atoms with E-state index in [2.05, 4.69) is 10.3 Å². The van der Waals surface area contributed by atoms with Crippen molar-refractivity contribution in [2.75, 3.05) is 39.2 Å². The molecule has 8 heteroatoms. The van der Waals surface area contributed by atoms with Crippen LogP contribution < -0.4 is 5.32 Å². The van der Waals surface area contributed by atoms with Crippen LogP contribution in [-0.2, 0) is 19.5 Å². The molecule has 118 valence electrons. The van der Waals surface area contributed by atoms with Crippen LogP contribution in [0.2, 0.25) is 0 Å². The van der Waals surface area contributed by atoms with Crippen LogP contribution in [-0.4, -0.2) is 63.8 Å². The number of hydrogen-bond donors (Lipinski definition) is 1. The Morgan fingerprint density at radius 1 is 1.29 bits per heavy atom. The van der Waals surface area contributed by atoms with Crippen LogP contribution in [0.5, 0.6) is 0 Å². The molecule has 0 radical (unpaired) electrons. The number of nitrogens with one attached hydrogen (secondary N) is 1. The Kier molecular flexibility index (Phi) is 5.15. The fourth-order valence-corrected chi connectivity index (χ4v) is 3.74. The third-order valence-electron chi connectivity index (χ3n) is 3.52. The lowest BCUT2D eigenvalue weighted by molar-refractivity contribution is -0.00461. The molecule has 1 aromatic rings. The first-order chi connectivity index (χ1) is 10.0. The fraction of sp³-hybridized carbons (Fsp3) is 0.615. The molecule has 7 nitrogen and oxygen atoms in total. The highest BCUT2D eigenvalue weighted by Crippen LogP contribution is 2.24. The number of aromatic nitrogens is 1. The average Bonchev–Trinajstić information content (AvgIpc) is 2.92. The summed E-state index contributed by atoms with van der Waals surface area (Å²) in [7, 11) is -0.463. The van der Waals surface area contributed by atoms with E-state index in [0.717, 1.165) is 6.54 Å². The second-order valence-corrected chi connectivity index (χ2v) is 6.72. The maximum Gasteiger partial charge on any atom is 0.244 e. The minimum Gasteiger partial charge on any atom is -0.377 e. The van der Waals surface area contributed by atoms with Gasteiger partial charge in [-0.05, 0) is 19.1 Å². The summed E-state index contributed by atoms with van der Waals surface area (Å²) >= 11 is 0. The van der Waals surface area contributed by atoms with E-state index in [1.54, 1.807) is 26.4 Å². The van der Waals surface area contributed by atoms with Gasteiger partial charge in [-0.2, -0.15) is 4.31 Å². The van der Waals surface area contributed by atoms with Crippen molar-refractivity contribution < 1.29 is 17.9 Å². The van der Waals surface area contributed by atoms with Gasteiger partial charge in [-0.15, -0.1) is 0 Å². The van der Waals surface area contributed by atoms with Gasteiger partial charge in [0.05, 0.1) is 12.2 Å². The fourth-order valence-electron chi connectivity index (χ4n) is 2.33. The zero-order chi connectivity index (χ0) is 15.5. The number of hydrogen-bond acceptors (Lipinski definition) is 6. The summed E-state index contributed by atoms with van der Waals surface area (Å²) in [6.45, 7) is 3.25. The van der Waals surface area contributed by atoms with Gasteiger partial charge in [-0.3, -0.25) is 0 Å². The number of pyridine rings is 1. The molecule has 1 N–H and O–H groups in total. The molecule has 1 fully saturated rings. The smallest absolute Gasteiger partial charge is 0.244 e. The molecule has 0 amide bonds. The third-order valence-corrected chi connectivity index (χ3v) is 5.33. The van der Waals surface area contributed by atoms with Gasteiger partial charge in [0.2, 0.25) is 10.0 Å². The van der Waals surface area contributed by atoms with Gasteiger partial charge in [0, 0.05) is 40.1 Å². The highest BCUT2D eigenvalue weighted by molar-refractivity contribution is 7.89. The van der Waals surface area contributed by atoms with E-state index in [9.17, 15) is 8.42 Å². The monoisotopic (exact) mass is 315 g/mol. The van der Waals surface area contributed by atoms with Crippen molar-refractivity contribution in [2.45, 2.75) is 24.0 Å². The van der Waals surface area contributed by atoms with E-state index in [1.165, 1.54) is 10.5 Å². The van der Waals surface area contributed by atoms with E-state index in [4.69, 9.17) is 9.47 Å². The number of nitrogens with zero attached hydrogens (tertiary/aromatic N) is 2. The molecule has 2 atom stereocenters. The van der Waals surface area contributed by atoms with Crippen molar-refractivity contribution in [3.8, 4) is 0 Å². The maximum atomic E-state index is 12.6. The Hall–Kier alpha value is -1.22. The van der Waals surface area contributed by atoms with Crippen molar-refractivity contribution in [1.82, 2.24) is 9.29 Å². The lowest BCUT2D eigenvalue weighted by Gasteiger charge is -2.15. The predicted octanol–water partition coefficient (Wildman–Crippen LogP) is 0.548. The van der Waals surface area contributed by atoms with Crippen LogP contribution in [0.15, 0.2) is 23.2 Å². The van der Waals surface area contributed by atoms with Crippen molar-refractivity contribution >= 4 is 15.8 Å². The summed E-state index contributed by atoms with van der Waals surface area (Å²) in [6.07, 6.45) is 0.868. The number of ether oxygens (including phenoxy) is 2. The Bertz CT molecular complexity index is 549. The second-order valence-electron chi connectivity index (χ2n) is 4.78. The van der Waals surface area contributed by atoms with Crippen LogP contribution in [0.25, 0.3) is 0 Å². The standard InChI is InChI=1S/C13H21N3O4S/c1-4-14-13-6-5-10(7-15-13)21(17,18)16-8-11(19-2)12(9-16)20-3/h5-7,11-12H,4,8-9H2,1-3H3,(H,14,15). The number of rotatable bonds is 6. The zero-order valence-corrected chi connectivity index (χ0v) is 13.3. The molecule has 0 aromatic carbocycles. The summed E-state index contributed by atoms with van der Waals surface area (Å²) < 4.78 is 37.1. The summed E-state index contributed by atoms with van der Waals surface area (Å²) in [6, 6.07) is 3.22. The van der Waals surface area contributed by atoms with Gasteiger partial charge in [0.1, 0.15) is 10.7 Å². The quantitative estimate of drug-likeness (QED) is 0.825. The van der Waals surface area contributed by atoms with Gasteiger partial charge in [0.25, 0.3) is 0 Å². The molecule has 2 rings (SSSR count). The van der Waals surface area contributed by atoms with Crippen LogP contribution in [0.3, 0.4) is 0 Å². The molecule has 2 unspecified atom stereocenters. The molecule has 1 saturated heterocycles. The SMILES string of the molecule is CCNc1ccc(S(=O)(=O)N2CC(OC)C(OC)C2)cn1. The Balaban J connectivity index is 2.18. The van der Waals surface area contributed by atoms with Gasteiger partial charge >= 0.3 is 0 Å². The highest BCUT2D eigenvalue weighted by Gasteiger charge is 2.39. The number of sulfonamides is 1. The minimum absolute atomic E-state index is 0.177. The van der Waals surface area contributed by atoms with E-state index in [1.807, 2.05) is 6.92 Å². The summed E-state index contributed by atoms with van der Waals surface area (Å²) in [5.74, 6) is 0.655. The number of methoxy groups -OCH3 is 2. The molecule has 0 spiro atoms. The van der Waals surface area contributed by atoms with Gasteiger partial charge < -0.3 is 14.8 Å². The third kappa shape index (κ3) is 3.34. The van der Waals surface area contributed by atoms with Crippen LogP contribution in [0.4, 0.5) is 5.82 Å². The molecule has 0 saturated carbocycles. The second kappa shape index (κ2) is 6.69. The van der Waals surface area contributed by atoms with Crippen molar-refractivity contribution in [3.63, 3.8) is 0 Å². The van der Waals surface area contributed by atoms with Crippen molar-refractivity contribution in [3.05, 3.63) is 18.3 Å². The Morgan fingerprint density at radius 3 is 2.33 bits per heavy atom. The molecule has 0 bridgehead atoms. The van der Waals surface area contributed by atoms with Crippen LogP contribution in [0, 0.1) is 0 Å². The van der Waals surface area contributed by atoms with Crippen LogP contribution >= 0.6 is 0 Å². The van der Waals surface area contributed by atoms with Gasteiger partial charge in [-0.25, -0.2) is 13.4 Å². The van der Waals surface area contributed by atoms with Gasteiger partial charge in [0.15, 0.2) is 0 Å². The highest BCUT2D eigenvalue weighted by atomic mass is 32.2. The molecule has 1 aromatic heterocycles. The Labute approximate surface area is 125 Å². The normalized spacial score (nSPS) is 23.4. The molecule has 21 heavy (non-hydrogen) atoms. The number of anilines is 1. The predicted molar refractivity (Wildman–Crippen MR) is 78.8 cm³/mol. The van der Waals surface area contributed by atoms with Crippen molar-refractivity contribution in [2.24, 2.45) is 0 Å². The molecule has 0 aliphatic carbocycles. The largest absolute Gasteiger partial charge is 0.377 e. The maximum absolute atomic E-state index is 12.6. The Morgan fingerprint density at radius 2 is 1.90 bits per heavy atom. The van der Waals surface area contributed by atoms with E-state index < -0.39 is 10.0 Å².